The minimum atomic E-state index is -0.144. The maximum atomic E-state index is 12.2. The molecule has 0 unspecified atom stereocenters. The normalized spacial score (nSPS) is 11.8. The topological polar surface area (TPSA) is 65.4 Å². The van der Waals surface area contributed by atoms with Crippen molar-refractivity contribution in [1.29, 1.82) is 0 Å². The molecule has 0 saturated heterocycles. The lowest BCUT2D eigenvalue weighted by Crippen LogP contribution is -2.33. The Morgan fingerprint density at radius 2 is 1.96 bits per heavy atom. The number of aryl methyl sites for hydroxylation is 1. The number of rotatable bonds is 7. The van der Waals surface area contributed by atoms with Crippen LogP contribution in [-0.2, 0) is 13.5 Å². The number of aromatic nitrogens is 2. The molecule has 1 heterocycles. The van der Waals surface area contributed by atoms with Crippen molar-refractivity contribution in [3.8, 4) is 11.5 Å². The summed E-state index contributed by atoms with van der Waals surface area (Å²) in [7, 11) is 3.46. The maximum absolute atomic E-state index is 12.2. The standard InChI is InChI=1S/C17H23N3O3/c1-5-16-15(11-19-20(16)3)17(21)18-10-12(2)23-14-8-6-13(22-4)7-9-14/h6-9,11-12H,5,10H2,1-4H3,(H,18,21)/t12-/m0/s1. The monoisotopic (exact) mass is 317 g/mol. The number of nitrogens with one attached hydrogen (secondary N) is 1. The van der Waals surface area contributed by atoms with Crippen LogP contribution in [0, 0.1) is 0 Å². The van der Waals surface area contributed by atoms with E-state index in [9.17, 15) is 4.79 Å². The largest absolute Gasteiger partial charge is 0.497 e. The summed E-state index contributed by atoms with van der Waals surface area (Å²) in [4.78, 5) is 12.2. The molecule has 6 heteroatoms. The average molecular weight is 317 g/mol. The van der Waals surface area contributed by atoms with E-state index in [1.165, 1.54) is 0 Å². The van der Waals surface area contributed by atoms with E-state index in [0.717, 1.165) is 23.6 Å². The summed E-state index contributed by atoms with van der Waals surface area (Å²) >= 11 is 0. The van der Waals surface area contributed by atoms with Crippen LogP contribution in [0.3, 0.4) is 0 Å². The quantitative estimate of drug-likeness (QED) is 0.850. The Hall–Kier alpha value is -2.50. The Bertz CT molecular complexity index is 650. The van der Waals surface area contributed by atoms with Crippen LogP contribution in [0.2, 0.25) is 0 Å². The average Bonchev–Trinajstić information content (AvgIpc) is 2.94. The van der Waals surface area contributed by atoms with Crippen molar-refractivity contribution in [2.24, 2.45) is 7.05 Å². The third-order valence-corrected chi connectivity index (χ3v) is 3.59. The Morgan fingerprint density at radius 3 is 2.57 bits per heavy atom. The molecule has 0 spiro atoms. The minimum absolute atomic E-state index is 0.125. The molecule has 124 valence electrons. The van der Waals surface area contributed by atoms with Gasteiger partial charge in [-0.15, -0.1) is 0 Å². The second-order valence-corrected chi connectivity index (χ2v) is 5.30. The van der Waals surface area contributed by atoms with E-state index in [1.54, 1.807) is 18.0 Å². The van der Waals surface area contributed by atoms with E-state index >= 15 is 0 Å². The van der Waals surface area contributed by atoms with Crippen LogP contribution in [0.5, 0.6) is 11.5 Å². The van der Waals surface area contributed by atoms with Crippen LogP contribution in [0.1, 0.15) is 29.9 Å². The molecule has 2 aromatic rings. The summed E-state index contributed by atoms with van der Waals surface area (Å²) in [6.07, 6.45) is 2.22. The van der Waals surface area contributed by atoms with Gasteiger partial charge in [0.1, 0.15) is 17.6 Å². The molecule has 0 aliphatic rings. The summed E-state index contributed by atoms with van der Waals surface area (Å²) < 4.78 is 12.6. The van der Waals surface area contributed by atoms with Crippen LogP contribution >= 0.6 is 0 Å². The van der Waals surface area contributed by atoms with E-state index in [-0.39, 0.29) is 12.0 Å². The summed E-state index contributed by atoms with van der Waals surface area (Å²) in [5, 5.41) is 7.02. The first kappa shape index (κ1) is 16.9. The van der Waals surface area contributed by atoms with Crippen molar-refractivity contribution < 1.29 is 14.3 Å². The number of benzene rings is 1. The van der Waals surface area contributed by atoms with Crippen molar-refractivity contribution in [1.82, 2.24) is 15.1 Å². The SMILES string of the molecule is CCc1c(C(=O)NC[C@H](C)Oc2ccc(OC)cc2)cnn1C. The lowest BCUT2D eigenvalue weighted by molar-refractivity contribution is 0.0931. The van der Waals surface area contributed by atoms with E-state index < -0.39 is 0 Å². The van der Waals surface area contributed by atoms with Gasteiger partial charge in [-0.25, -0.2) is 0 Å². The van der Waals surface area contributed by atoms with Gasteiger partial charge in [0.25, 0.3) is 5.91 Å². The Morgan fingerprint density at radius 1 is 1.30 bits per heavy atom. The molecule has 1 amide bonds. The van der Waals surface area contributed by atoms with Gasteiger partial charge >= 0.3 is 0 Å². The molecule has 0 fully saturated rings. The van der Waals surface area contributed by atoms with Crippen molar-refractivity contribution in [2.45, 2.75) is 26.4 Å². The lowest BCUT2D eigenvalue weighted by atomic mass is 10.2. The molecular formula is C17H23N3O3. The molecule has 23 heavy (non-hydrogen) atoms. The highest BCUT2D eigenvalue weighted by atomic mass is 16.5. The Kier molecular flexibility index (Phi) is 5.62. The fourth-order valence-electron chi connectivity index (χ4n) is 2.33. The summed E-state index contributed by atoms with van der Waals surface area (Å²) in [5.74, 6) is 1.39. The highest BCUT2D eigenvalue weighted by molar-refractivity contribution is 5.95. The number of nitrogens with zero attached hydrogens (tertiary/aromatic N) is 2. The van der Waals surface area contributed by atoms with Crippen molar-refractivity contribution in [3.05, 3.63) is 41.7 Å². The molecule has 1 aromatic heterocycles. The first-order valence-corrected chi connectivity index (χ1v) is 7.65. The van der Waals surface area contributed by atoms with Gasteiger partial charge in [-0.05, 0) is 37.6 Å². The molecule has 1 atom stereocenters. The van der Waals surface area contributed by atoms with Gasteiger partial charge in [0.2, 0.25) is 0 Å². The van der Waals surface area contributed by atoms with Crippen molar-refractivity contribution >= 4 is 5.91 Å². The van der Waals surface area contributed by atoms with Gasteiger partial charge in [0, 0.05) is 7.05 Å². The number of amides is 1. The van der Waals surface area contributed by atoms with Gasteiger partial charge in [-0.3, -0.25) is 9.48 Å². The predicted molar refractivity (Wildman–Crippen MR) is 88.0 cm³/mol. The van der Waals surface area contributed by atoms with Crippen LogP contribution in [0.4, 0.5) is 0 Å². The van der Waals surface area contributed by atoms with Crippen molar-refractivity contribution in [2.75, 3.05) is 13.7 Å². The first-order chi connectivity index (χ1) is 11.0. The second-order valence-electron chi connectivity index (χ2n) is 5.30. The highest BCUT2D eigenvalue weighted by Gasteiger charge is 2.15. The molecule has 0 aliphatic heterocycles. The fraction of sp³-hybridized carbons (Fsp3) is 0.412. The van der Waals surface area contributed by atoms with Gasteiger partial charge in [-0.1, -0.05) is 6.92 Å². The fourth-order valence-corrected chi connectivity index (χ4v) is 2.33. The predicted octanol–water partition coefficient (Wildman–Crippen LogP) is 2.19. The zero-order valence-corrected chi connectivity index (χ0v) is 14.0. The number of hydrogen-bond acceptors (Lipinski definition) is 4. The van der Waals surface area contributed by atoms with Gasteiger partial charge in [0.05, 0.1) is 31.1 Å². The van der Waals surface area contributed by atoms with Crippen LogP contribution in [-0.4, -0.2) is 35.4 Å². The first-order valence-electron chi connectivity index (χ1n) is 7.65. The molecule has 6 nitrogen and oxygen atoms in total. The van der Waals surface area contributed by atoms with Crippen LogP contribution in [0.15, 0.2) is 30.5 Å². The van der Waals surface area contributed by atoms with Gasteiger partial charge in [0.15, 0.2) is 0 Å². The molecule has 2 rings (SSSR count). The molecule has 1 N–H and O–H groups in total. The van der Waals surface area contributed by atoms with Crippen molar-refractivity contribution in [3.63, 3.8) is 0 Å². The summed E-state index contributed by atoms with van der Waals surface area (Å²) in [5.41, 5.74) is 1.54. The molecule has 0 radical (unpaired) electrons. The molecule has 0 bridgehead atoms. The number of carbonyl (C=O) groups is 1. The third-order valence-electron chi connectivity index (χ3n) is 3.59. The number of carbonyl (C=O) groups excluding carboxylic acids is 1. The molecule has 1 aromatic carbocycles. The number of ether oxygens (including phenoxy) is 2. The summed E-state index contributed by atoms with van der Waals surface area (Å²) in [6, 6.07) is 7.36. The van der Waals surface area contributed by atoms with E-state index in [2.05, 4.69) is 10.4 Å². The number of methoxy groups -OCH3 is 1. The third kappa shape index (κ3) is 4.25. The Labute approximate surface area is 136 Å². The maximum Gasteiger partial charge on any atom is 0.254 e. The van der Waals surface area contributed by atoms with E-state index in [0.29, 0.717) is 12.1 Å². The molecular weight excluding hydrogens is 294 g/mol. The summed E-state index contributed by atoms with van der Waals surface area (Å²) in [6.45, 7) is 4.33. The highest BCUT2D eigenvalue weighted by Crippen LogP contribution is 2.18. The zero-order chi connectivity index (χ0) is 16.8. The van der Waals surface area contributed by atoms with Crippen LogP contribution in [0.25, 0.3) is 0 Å². The van der Waals surface area contributed by atoms with E-state index in [4.69, 9.17) is 9.47 Å². The van der Waals surface area contributed by atoms with Gasteiger partial charge < -0.3 is 14.8 Å². The lowest BCUT2D eigenvalue weighted by Gasteiger charge is -2.15. The Balaban J connectivity index is 1.87. The minimum Gasteiger partial charge on any atom is -0.497 e. The number of hydrogen-bond donors (Lipinski definition) is 1. The van der Waals surface area contributed by atoms with Crippen LogP contribution < -0.4 is 14.8 Å². The van der Waals surface area contributed by atoms with E-state index in [1.807, 2.05) is 45.2 Å². The smallest absolute Gasteiger partial charge is 0.254 e. The second kappa shape index (κ2) is 7.67. The van der Waals surface area contributed by atoms with Gasteiger partial charge in [-0.2, -0.15) is 5.10 Å². The molecule has 0 saturated carbocycles. The molecule has 0 aliphatic carbocycles. The zero-order valence-electron chi connectivity index (χ0n) is 14.0.